The van der Waals surface area contributed by atoms with Gasteiger partial charge in [-0.15, -0.1) is 0 Å². The number of rotatable bonds is 2. The lowest BCUT2D eigenvalue weighted by atomic mass is 10.2. The molecule has 1 N–H and O–H groups in total. The van der Waals surface area contributed by atoms with Gasteiger partial charge >= 0.3 is 0 Å². The fraction of sp³-hybridized carbons (Fsp3) is 0.182. The van der Waals surface area contributed by atoms with Crippen LogP contribution in [0.2, 0.25) is 0 Å². The van der Waals surface area contributed by atoms with Gasteiger partial charge in [-0.05, 0) is 30.6 Å². The van der Waals surface area contributed by atoms with E-state index >= 15 is 0 Å². The van der Waals surface area contributed by atoms with Crippen molar-refractivity contribution < 1.29 is 4.79 Å². The van der Waals surface area contributed by atoms with Crippen molar-refractivity contribution in [3.05, 3.63) is 30.1 Å². The molecular formula is C11H11N3OS. The van der Waals surface area contributed by atoms with E-state index in [1.54, 1.807) is 0 Å². The number of nitrogens with one attached hydrogen (secondary N) is 1. The molecule has 0 aliphatic carbocycles. The fourth-order valence-corrected chi connectivity index (χ4v) is 2.08. The van der Waals surface area contributed by atoms with Gasteiger partial charge in [0.25, 0.3) is 0 Å². The summed E-state index contributed by atoms with van der Waals surface area (Å²) >= 11 is 1.33. The van der Waals surface area contributed by atoms with Crippen molar-refractivity contribution in [1.29, 1.82) is 0 Å². The van der Waals surface area contributed by atoms with Crippen LogP contribution < -0.4 is 5.32 Å². The molecule has 0 spiro atoms. The van der Waals surface area contributed by atoms with Gasteiger partial charge in [-0.25, -0.2) is 4.98 Å². The summed E-state index contributed by atoms with van der Waals surface area (Å²) in [7, 11) is 0. The molecule has 0 unspecified atom stereocenters. The smallest absolute Gasteiger partial charge is 0.221 e. The monoisotopic (exact) mass is 233 g/mol. The third-order valence-electron chi connectivity index (χ3n) is 2.00. The lowest BCUT2D eigenvalue weighted by Crippen LogP contribution is -2.06. The Balaban J connectivity index is 2.43. The minimum absolute atomic E-state index is 0.0892. The highest BCUT2D eigenvalue weighted by molar-refractivity contribution is 7.09. The average Bonchev–Trinajstić information content (AvgIpc) is 2.65. The SMILES string of the molecule is CC(=O)Nc1ccccc1-c1nc(C)ns1. The quantitative estimate of drug-likeness (QED) is 0.867. The number of carbonyl (C=O) groups excluding carboxylic acids is 1. The summed E-state index contributed by atoms with van der Waals surface area (Å²) in [5, 5.41) is 3.60. The standard InChI is InChI=1S/C11H11N3OS/c1-7-12-11(16-14-7)9-5-3-4-6-10(9)13-8(2)15/h3-6H,1-2H3,(H,13,15). The molecule has 1 aromatic heterocycles. The van der Waals surface area contributed by atoms with Crippen molar-refractivity contribution in [2.24, 2.45) is 0 Å². The number of carbonyl (C=O) groups is 1. The lowest BCUT2D eigenvalue weighted by molar-refractivity contribution is -0.114. The van der Waals surface area contributed by atoms with E-state index in [0.29, 0.717) is 0 Å². The molecule has 0 fully saturated rings. The Hall–Kier alpha value is -1.75. The van der Waals surface area contributed by atoms with Crippen molar-refractivity contribution in [3.8, 4) is 10.6 Å². The maximum Gasteiger partial charge on any atom is 0.221 e. The highest BCUT2D eigenvalue weighted by Crippen LogP contribution is 2.28. The number of anilines is 1. The zero-order chi connectivity index (χ0) is 11.5. The first kappa shape index (κ1) is 10.8. The number of aryl methyl sites for hydroxylation is 1. The first-order chi connectivity index (χ1) is 7.66. The molecule has 1 amide bonds. The lowest BCUT2D eigenvalue weighted by Gasteiger charge is -2.06. The van der Waals surface area contributed by atoms with Crippen molar-refractivity contribution in [2.75, 3.05) is 5.32 Å². The highest BCUT2D eigenvalue weighted by atomic mass is 32.1. The van der Waals surface area contributed by atoms with Gasteiger partial charge in [0.2, 0.25) is 5.91 Å². The predicted molar refractivity (Wildman–Crippen MR) is 64.4 cm³/mol. The number of benzene rings is 1. The molecule has 1 heterocycles. The van der Waals surface area contributed by atoms with Gasteiger partial charge in [-0.1, -0.05) is 12.1 Å². The van der Waals surface area contributed by atoms with Crippen LogP contribution in [0.25, 0.3) is 10.6 Å². The van der Waals surface area contributed by atoms with Crippen LogP contribution in [0.4, 0.5) is 5.69 Å². The molecule has 82 valence electrons. The van der Waals surface area contributed by atoms with E-state index < -0.39 is 0 Å². The van der Waals surface area contributed by atoms with Gasteiger partial charge in [0.1, 0.15) is 10.8 Å². The number of nitrogens with zero attached hydrogens (tertiary/aromatic N) is 2. The van der Waals surface area contributed by atoms with Gasteiger partial charge < -0.3 is 5.32 Å². The average molecular weight is 233 g/mol. The van der Waals surface area contributed by atoms with Gasteiger partial charge in [-0.2, -0.15) is 4.37 Å². The second-order valence-electron chi connectivity index (χ2n) is 3.37. The van der Waals surface area contributed by atoms with E-state index in [-0.39, 0.29) is 5.91 Å². The predicted octanol–water partition coefficient (Wildman–Crippen LogP) is 2.47. The Kier molecular flexibility index (Phi) is 2.96. The molecule has 0 atom stereocenters. The summed E-state index contributed by atoms with van der Waals surface area (Å²) < 4.78 is 4.13. The van der Waals surface area contributed by atoms with Gasteiger partial charge in [-0.3, -0.25) is 4.79 Å². The zero-order valence-corrected chi connectivity index (χ0v) is 9.84. The Morgan fingerprint density at radius 1 is 1.38 bits per heavy atom. The second kappa shape index (κ2) is 4.40. The number of amides is 1. The Morgan fingerprint density at radius 2 is 2.12 bits per heavy atom. The van der Waals surface area contributed by atoms with E-state index in [1.165, 1.54) is 18.5 Å². The number of para-hydroxylation sites is 1. The Morgan fingerprint density at radius 3 is 2.75 bits per heavy atom. The van der Waals surface area contributed by atoms with Crippen LogP contribution in [0.15, 0.2) is 24.3 Å². The summed E-state index contributed by atoms with van der Waals surface area (Å²) in [6.07, 6.45) is 0. The third-order valence-corrected chi connectivity index (χ3v) is 2.84. The molecule has 1 aromatic carbocycles. The summed E-state index contributed by atoms with van der Waals surface area (Å²) in [4.78, 5) is 15.4. The zero-order valence-electron chi connectivity index (χ0n) is 9.02. The molecule has 0 aliphatic rings. The van der Waals surface area contributed by atoms with E-state index in [1.807, 2.05) is 31.2 Å². The Bertz CT molecular complexity index is 521. The van der Waals surface area contributed by atoms with E-state index in [4.69, 9.17) is 0 Å². The van der Waals surface area contributed by atoms with Gasteiger partial charge in [0, 0.05) is 12.5 Å². The molecule has 0 aliphatic heterocycles. The topological polar surface area (TPSA) is 54.9 Å². The van der Waals surface area contributed by atoms with Crippen LogP contribution >= 0.6 is 11.5 Å². The highest BCUT2D eigenvalue weighted by Gasteiger charge is 2.09. The molecule has 16 heavy (non-hydrogen) atoms. The molecule has 0 radical (unpaired) electrons. The van der Waals surface area contributed by atoms with Crippen molar-refractivity contribution in [2.45, 2.75) is 13.8 Å². The van der Waals surface area contributed by atoms with Crippen LogP contribution in [0, 0.1) is 6.92 Å². The van der Waals surface area contributed by atoms with Crippen LogP contribution in [-0.4, -0.2) is 15.3 Å². The van der Waals surface area contributed by atoms with Crippen molar-refractivity contribution in [3.63, 3.8) is 0 Å². The summed E-state index contributed by atoms with van der Waals surface area (Å²) in [5.41, 5.74) is 1.68. The second-order valence-corrected chi connectivity index (χ2v) is 4.13. The molecule has 2 aromatic rings. The van der Waals surface area contributed by atoms with E-state index in [9.17, 15) is 4.79 Å². The van der Waals surface area contributed by atoms with Crippen molar-refractivity contribution >= 4 is 23.1 Å². The maximum absolute atomic E-state index is 11.1. The summed E-state index contributed by atoms with van der Waals surface area (Å²) in [5.74, 6) is 0.659. The molecular weight excluding hydrogens is 222 g/mol. The molecule has 0 saturated heterocycles. The van der Waals surface area contributed by atoms with Crippen LogP contribution in [0.5, 0.6) is 0 Å². The number of hydrogen-bond donors (Lipinski definition) is 1. The number of hydrogen-bond acceptors (Lipinski definition) is 4. The van der Waals surface area contributed by atoms with Crippen LogP contribution in [0.3, 0.4) is 0 Å². The fourth-order valence-electron chi connectivity index (χ4n) is 1.37. The molecule has 2 rings (SSSR count). The summed E-state index contributed by atoms with van der Waals surface area (Å²) in [6, 6.07) is 7.57. The van der Waals surface area contributed by atoms with Crippen LogP contribution in [-0.2, 0) is 4.79 Å². The van der Waals surface area contributed by atoms with Gasteiger partial charge in [0.15, 0.2) is 0 Å². The largest absolute Gasteiger partial charge is 0.326 e. The molecule has 0 saturated carbocycles. The summed E-state index contributed by atoms with van der Waals surface area (Å²) in [6.45, 7) is 3.34. The molecule has 0 bridgehead atoms. The van der Waals surface area contributed by atoms with E-state index in [2.05, 4.69) is 14.7 Å². The minimum atomic E-state index is -0.0892. The molecule has 5 heteroatoms. The Labute approximate surface area is 97.5 Å². The normalized spacial score (nSPS) is 10.1. The minimum Gasteiger partial charge on any atom is -0.326 e. The first-order valence-electron chi connectivity index (χ1n) is 4.84. The van der Waals surface area contributed by atoms with Crippen LogP contribution in [0.1, 0.15) is 12.7 Å². The first-order valence-corrected chi connectivity index (χ1v) is 5.61. The number of aromatic nitrogens is 2. The maximum atomic E-state index is 11.1. The van der Waals surface area contributed by atoms with Crippen molar-refractivity contribution in [1.82, 2.24) is 9.36 Å². The molecule has 4 nitrogen and oxygen atoms in total. The van der Waals surface area contributed by atoms with Gasteiger partial charge in [0.05, 0.1) is 5.69 Å². The third kappa shape index (κ3) is 2.25. The van der Waals surface area contributed by atoms with E-state index in [0.717, 1.165) is 22.1 Å².